The average Bonchev–Trinajstić information content (AvgIpc) is 2.88. The Morgan fingerprint density at radius 2 is 1.91 bits per heavy atom. The molecule has 2 fully saturated rings. The van der Waals surface area contributed by atoms with Gasteiger partial charge in [-0.2, -0.15) is 5.06 Å². The number of fused-ring (bicyclic) bond motifs is 1. The van der Waals surface area contributed by atoms with Gasteiger partial charge in [0.25, 0.3) is 0 Å². The third kappa shape index (κ3) is 2.51. The Morgan fingerprint density at radius 1 is 1.27 bits per heavy atom. The zero-order chi connectivity index (χ0) is 16.1. The number of hydrogen-bond donors (Lipinski definition) is 2. The van der Waals surface area contributed by atoms with Crippen molar-refractivity contribution < 1.29 is 24.5 Å². The first kappa shape index (κ1) is 15.7. The van der Waals surface area contributed by atoms with Gasteiger partial charge in [0.1, 0.15) is 23.6 Å². The van der Waals surface area contributed by atoms with E-state index < -0.39 is 23.5 Å². The van der Waals surface area contributed by atoms with Gasteiger partial charge in [-0.05, 0) is 38.5 Å². The van der Waals surface area contributed by atoms with Crippen molar-refractivity contribution >= 4 is 0 Å². The number of hydroxylamine groups is 2. The Bertz CT molecular complexity index is 542. The van der Waals surface area contributed by atoms with Crippen molar-refractivity contribution in [3.8, 4) is 5.75 Å². The molecule has 0 unspecified atom stereocenters. The number of rotatable bonds is 3. The summed E-state index contributed by atoms with van der Waals surface area (Å²) in [7, 11) is 1.59. The predicted molar refractivity (Wildman–Crippen MR) is 78.7 cm³/mol. The van der Waals surface area contributed by atoms with Gasteiger partial charge in [-0.1, -0.05) is 12.1 Å². The molecule has 2 aliphatic rings. The molecule has 4 atom stereocenters. The van der Waals surface area contributed by atoms with Crippen LogP contribution in [0.3, 0.4) is 0 Å². The van der Waals surface area contributed by atoms with Gasteiger partial charge in [0, 0.05) is 0 Å². The normalized spacial score (nSPS) is 33.5. The molecule has 6 heteroatoms. The fourth-order valence-corrected chi connectivity index (χ4v) is 3.45. The third-order valence-electron chi connectivity index (χ3n) is 4.47. The van der Waals surface area contributed by atoms with E-state index in [1.807, 2.05) is 13.8 Å². The molecule has 0 bridgehead atoms. The topological polar surface area (TPSA) is 71.4 Å². The highest BCUT2D eigenvalue weighted by Gasteiger charge is 2.58. The van der Waals surface area contributed by atoms with Crippen LogP contribution in [0.25, 0.3) is 0 Å². The second kappa shape index (κ2) is 5.18. The summed E-state index contributed by atoms with van der Waals surface area (Å²) in [5.74, 6) is 0.0106. The van der Waals surface area contributed by atoms with Gasteiger partial charge in [0.2, 0.25) is 0 Å². The summed E-state index contributed by atoms with van der Waals surface area (Å²) >= 11 is 0. The first-order valence-corrected chi connectivity index (χ1v) is 7.43. The van der Waals surface area contributed by atoms with Gasteiger partial charge in [-0.15, -0.1) is 0 Å². The van der Waals surface area contributed by atoms with E-state index in [0.29, 0.717) is 17.9 Å². The highest BCUT2D eigenvalue weighted by atomic mass is 16.8. The molecule has 0 aromatic heterocycles. The van der Waals surface area contributed by atoms with Crippen molar-refractivity contribution in [3.05, 3.63) is 29.8 Å². The molecule has 2 heterocycles. The van der Waals surface area contributed by atoms with Crippen LogP contribution in [-0.2, 0) is 15.1 Å². The monoisotopic (exact) mass is 309 g/mol. The molecule has 1 aromatic carbocycles. The highest BCUT2D eigenvalue weighted by molar-refractivity contribution is 5.32. The Hall–Kier alpha value is -1.18. The van der Waals surface area contributed by atoms with Crippen molar-refractivity contribution in [2.45, 2.75) is 50.4 Å². The van der Waals surface area contributed by atoms with Gasteiger partial charge in [0.05, 0.1) is 19.7 Å². The molecular weight excluding hydrogens is 286 g/mol. The Kier molecular flexibility index (Phi) is 3.70. The lowest BCUT2D eigenvalue weighted by Crippen LogP contribution is -2.51. The van der Waals surface area contributed by atoms with Crippen molar-refractivity contribution in [3.63, 3.8) is 0 Å². The fourth-order valence-electron chi connectivity index (χ4n) is 3.45. The van der Waals surface area contributed by atoms with E-state index in [9.17, 15) is 10.3 Å². The van der Waals surface area contributed by atoms with E-state index >= 15 is 0 Å². The summed E-state index contributed by atoms with van der Waals surface area (Å²) in [6.45, 7) is 5.67. The first-order chi connectivity index (χ1) is 10.2. The standard InChI is InChI=1S/C16H23NO5/c1-15(2)21-12-9-17(19)14(13(12)22-15)16(3,18)10-5-7-11(20-4)8-6-10/h5-8,12-14,18-19H,9H2,1-4H3/t12-,13-,14-,16-/m1/s1. The SMILES string of the molecule is COc1ccc([C@@](C)(O)[C@H]2[C@@H]3OC(C)(C)O[C@@H]3CN2O)cc1. The summed E-state index contributed by atoms with van der Waals surface area (Å²) in [5, 5.41) is 22.4. The Labute approximate surface area is 130 Å². The van der Waals surface area contributed by atoms with E-state index in [-0.39, 0.29) is 6.10 Å². The Balaban J connectivity index is 1.89. The largest absolute Gasteiger partial charge is 0.497 e. The molecule has 0 aliphatic carbocycles. The molecule has 2 aliphatic heterocycles. The number of ether oxygens (including phenoxy) is 3. The lowest BCUT2D eigenvalue weighted by atomic mass is 9.85. The van der Waals surface area contributed by atoms with Crippen LogP contribution in [0.1, 0.15) is 26.3 Å². The quantitative estimate of drug-likeness (QED) is 0.881. The second-order valence-corrected chi connectivity index (χ2v) is 6.58. The fraction of sp³-hybridized carbons (Fsp3) is 0.625. The van der Waals surface area contributed by atoms with Crippen LogP contribution >= 0.6 is 0 Å². The minimum atomic E-state index is -1.29. The van der Waals surface area contributed by atoms with Gasteiger partial charge >= 0.3 is 0 Å². The lowest BCUT2D eigenvalue weighted by molar-refractivity contribution is -0.226. The minimum Gasteiger partial charge on any atom is -0.497 e. The summed E-state index contributed by atoms with van der Waals surface area (Å²) in [5.41, 5.74) is -0.601. The highest BCUT2D eigenvalue weighted by Crippen LogP contribution is 2.42. The van der Waals surface area contributed by atoms with Crippen LogP contribution in [0.5, 0.6) is 5.75 Å². The molecule has 0 amide bonds. The van der Waals surface area contributed by atoms with E-state index in [1.165, 1.54) is 0 Å². The molecule has 1 aromatic rings. The first-order valence-electron chi connectivity index (χ1n) is 7.43. The third-order valence-corrected chi connectivity index (χ3v) is 4.47. The molecule has 0 radical (unpaired) electrons. The predicted octanol–water partition coefficient (Wildman–Crippen LogP) is 1.50. The molecule has 2 saturated heterocycles. The second-order valence-electron chi connectivity index (χ2n) is 6.58. The maximum absolute atomic E-state index is 11.1. The number of methoxy groups -OCH3 is 1. The average molecular weight is 309 g/mol. The summed E-state index contributed by atoms with van der Waals surface area (Å²) in [4.78, 5) is 0. The molecule has 0 spiro atoms. The molecule has 2 N–H and O–H groups in total. The molecule has 0 saturated carbocycles. The van der Waals surface area contributed by atoms with Gasteiger partial charge < -0.3 is 24.5 Å². The van der Waals surface area contributed by atoms with E-state index in [0.717, 1.165) is 5.06 Å². The smallest absolute Gasteiger partial charge is 0.163 e. The molecule has 6 nitrogen and oxygen atoms in total. The zero-order valence-electron chi connectivity index (χ0n) is 13.3. The van der Waals surface area contributed by atoms with Gasteiger partial charge in [-0.3, -0.25) is 0 Å². The maximum atomic E-state index is 11.1. The summed E-state index contributed by atoms with van der Waals surface area (Å²) in [6, 6.07) is 6.55. The van der Waals surface area contributed by atoms with Crippen molar-refractivity contribution in [1.82, 2.24) is 5.06 Å². The van der Waals surface area contributed by atoms with Crippen LogP contribution < -0.4 is 4.74 Å². The van der Waals surface area contributed by atoms with Gasteiger partial charge in [0.15, 0.2) is 5.79 Å². The van der Waals surface area contributed by atoms with Crippen molar-refractivity contribution in [2.75, 3.05) is 13.7 Å². The van der Waals surface area contributed by atoms with Crippen molar-refractivity contribution in [1.29, 1.82) is 0 Å². The molecule has 22 heavy (non-hydrogen) atoms. The van der Waals surface area contributed by atoms with Crippen LogP contribution in [0.2, 0.25) is 0 Å². The van der Waals surface area contributed by atoms with Crippen LogP contribution in [0.4, 0.5) is 0 Å². The van der Waals surface area contributed by atoms with Crippen LogP contribution in [0.15, 0.2) is 24.3 Å². The number of benzene rings is 1. The number of hydrogen-bond acceptors (Lipinski definition) is 6. The molecular formula is C16H23NO5. The van der Waals surface area contributed by atoms with E-state index in [4.69, 9.17) is 14.2 Å². The zero-order valence-corrected chi connectivity index (χ0v) is 13.3. The van der Waals surface area contributed by atoms with E-state index in [2.05, 4.69) is 0 Å². The molecule has 3 rings (SSSR count). The van der Waals surface area contributed by atoms with E-state index in [1.54, 1.807) is 38.3 Å². The number of aliphatic hydroxyl groups is 1. The lowest BCUT2D eigenvalue weighted by Gasteiger charge is -2.37. The maximum Gasteiger partial charge on any atom is 0.163 e. The Morgan fingerprint density at radius 3 is 2.50 bits per heavy atom. The van der Waals surface area contributed by atoms with Crippen molar-refractivity contribution in [2.24, 2.45) is 0 Å². The van der Waals surface area contributed by atoms with Gasteiger partial charge in [-0.25, -0.2) is 0 Å². The summed E-state index contributed by atoms with van der Waals surface area (Å²) in [6.07, 6.45) is -0.646. The number of nitrogens with zero attached hydrogens (tertiary/aromatic N) is 1. The minimum absolute atomic E-state index is 0.255. The summed E-state index contributed by atoms with van der Waals surface area (Å²) < 4.78 is 16.8. The van der Waals surface area contributed by atoms with Crippen LogP contribution in [0, 0.1) is 0 Å². The molecule has 122 valence electrons. The van der Waals surface area contributed by atoms with Crippen LogP contribution in [-0.4, -0.2) is 53.1 Å².